The number of aromatic nitrogens is 2. The smallest absolute Gasteiger partial charge is 0.310 e. The van der Waals surface area contributed by atoms with Gasteiger partial charge in [-0.1, -0.05) is 38.7 Å². The Morgan fingerprint density at radius 1 is 1.14 bits per heavy atom. The molecule has 1 saturated carbocycles. The van der Waals surface area contributed by atoms with Crippen molar-refractivity contribution in [2.24, 2.45) is 5.92 Å². The first kappa shape index (κ1) is 14.4. The normalized spacial score (nSPS) is 18.7. The third-order valence-electron chi connectivity index (χ3n) is 4.69. The van der Waals surface area contributed by atoms with Crippen LogP contribution in [0.4, 0.5) is 0 Å². The third kappa shape index (κ3) is 3.21. The van der Waals surface area contributed by atoms with Gasteiger partial charge in [-0.3, -0.25) is 0 Å². The van der Waals surface area contributed by atoms with Crippen LogP contribution in [0.15, 0.2) is 23.0 Å². The lowest BCUT2D eigenvalue weighted by molar-refractivity contribution is 0.330. The molecule has 1 fully saturated rings. The minimum absolute atomic E-state index is 0.128. The average molecular weight is 287 g/mol. The van der Waals surface area contributed by atoms with Crippen LogP contribution in [0, 0.1) is 5.92 Å². The molecule has 0 saturated heterocycles. The molecule has 0 radical (unpaired) electrons. The predicted octanol–water partition coefficient (Wildman–Crippen LogP) is 3.48. The molecule has 2 aromatic rings. The first-order chi connectivity index (χ1) is 10.3. The first-order valence-electron chi connectivity index (χ1n) is 8.23. The second-order valence-electron chi connectivity index (χ2n) is 6.17. The Morgan fingerprint density at radius 3 is 2.57 bits per heavy atom. The number of aromatic amines is 2. The molecule has 1 heterocycles. The van der Waals surface area contributed by atoms with E-state index < -0.39 is 0 Å². The lowest BCUT2D eigenvalue weighted by Gasteiger charge is -2.27. The predicted molar refractivity (Wildman–Crippen MR) is 86.5 cm³/mol. The monoisotopic (exact) mass is 287 g/mol. The maximum atomic E-state index is 11.4. The molecule has 0 spiro atoms. The van der Waals surface area contributed by atoms with Gasteiger partial charge in [0, 0.05) is 6.04 Å². The topological polar surface area (TPSA) is 60.7 Å². The van der Waals surface area contributed by atoms with Crippen molar-refractivity contribution in [2.75, 3.05) is 6.54 Å². The molecule has 1 aromatic heterocycles. The van der Waals surface area contributed by atoms with Gasteiger partial charge in [0.15, 0.2) is 0 Å². The van der Waals surface area contributed by atoms with E-state index in [1.807, 2.05) is 6.07 Å². The van der Waals surface area contributed by atoms with E-state index in [0.29, 0.717) is 12.0 Å². The number of hydrogen-bond acceptors (Lipinski definition) is 2. The van der Waals surface area contributed by atoms with Crippen LogP contribution in [0.5, 0.6) is 0 Å². The Balaban J connectivity index is 1.91. The molecule has 3 N–H and O–H groups in total. The second kappa shape index (κ2) is 6.48. The van der Waals surface area contributed by atoms with E-state index in [4.69, 9.17) is 0 Å². The molecular formula is C17H25N3O. The molecule has 0 bridgehead atoms. The van der Waals surface area contributed by atoms with Crippen LogP contribution in [0.2, 0.25) is 0 Å². The van der Waals surface area contributed by atoms with Crippen LogP contribution < -0.4 is 11.0 Å². The lowest BCUT2D eigenvalue weighted by atomic mass is 9.87. The zero-order chi connectivity index (χ0) is 14.7. The minimum Gasteiger partial charge on any atom is -0.310 e. The second-order valence-corrected chi connectivity index (χ2v) is 6.17. The van der Waals surface area contributed by atoms with Crippen LogP contribution in [-0.4, -0.2) is 16.5 Å². The van der Waals surface area contributed by atoms with Crippen molar-refractivity contribution in [1.82, 2.24) is 15.3 Å². The lowest BCUT2D eigenvalue weighted by Crippen LogP contribution is -2.28. The summed E-state index contributed by atoms with van der Waals surface area (Å²) in [5.41, 5.74) is 2.97. The van der Waals surface area contributed by atoms with Crippen molar-refractivity contribution in [3.63, 3.8) is 0 Å². The largest absolute Gasteiger partial charge is 0.323 e. The van der Waals surface area contributed by atoms with E-state index in [9.17, 15) is 4.79 Å². The summed E-state index contributed by atoms with van der Waals surface area (Å²) in [5.74, 6) is 0.704. The molecule has 0 amide bonds. The molecule has 114 valence electrons. The summed E-state index contributed by atoms with van der Waals surface area (Å²) in [6.07, 6.45) is 8.04. The van der Waals surface area contributed by atoms with Crippen LogP contribution in [-0.2, 0) is 0 Å². The molecule has 21 heavy (non-hydrogen) atoms. The molecule has 1 atom stereocenters. The molecule has 4 nitrogen and oxygen atoms in total. The van der Waals surface area contributed by atoms with E-state index in [-0.39, 0.29) is 5.69 Å². The molecule has 0 aliphatic heterocycles. The molecule has 3 rings (SSSR count). The van der Waals surface area contributed by atoms with Gasteiger partial charge in [-0.25, -0.2) is 4.79 Å². The van der Waals surface area contributed by atoms with Crippen molar-refractivity contribution in [2.45, 2.75) is 51.5 Å². The summed E-state index contributed by atoms with van der Waals surface area (Å²) in [6, 6.07) is 6.70. The van der Waals surface area contributed by atoms with Crippen LogP contribution in [0.1, 0.15) is 57.1 Å². The van der Waals surface area contributed by atoms with Crippen molar-refractivity contribution in [3.05, 3.63) is 34.2 Å². The summed E-state index contributed by atoms with van der Waals surface area (Å²) in [7, 11) is 0. The molecule has 1 aliphatic rings. The summed E-state index contributed by atoms with van der Waals surface area (Å²) in [5, 5.41) is 3.67. The Kier molecular flexibility index (Phi) is 4.44. The summed E-state index contributed by atoms with van der Waals surface area (Å²) in [4.78, 5) is 17.1. The quantitative estimate of drug-likeness (QED) is 0.754. The van der Waals surface area contributed by atoms with Gasteiger partial charge in [0.25, 0.3) is 0 Å². The number of nitrogens with one attached hydrogen (secondary N) is 3. The van der Waals surface area contributed by atoms with Crippen molar-refractivity contribution < 1.29 is 0 Å². The van der Waals surface area contributed by atoms with E-state index in [0.717, 1.165) is 17.6 Å². The van der Waals surface area contributed by atoms with E-state index >= 15 is 0 Å². The van der Waals surface area contributed by atoms with E-state index in [1.165, 1.54) is 44.1 Å². The Bertz CT molecular complexity index is 635. The highest BCUT2D eigenvalue weighted by molar-refractivity contribution is 5.75. The maximum absolute atomic E-state index is 11.4. The molecule has 1 aliphatic carbocycles. The van der Waals surface area contributed by atoms with Gasteiger partial charge in [0.05, 0.1) is 11.0 Å². The van der Waals surface area contributed by atoms with E-state index in [1.54, 1.807) is 0 Å². The number of rotatable bonds is 4. The van der Waals surface area contributed by atoms with E-state index in [2.05, 4.69) is 34.3 Å². The number of fused-ring (bicyclic) bond motifs is 1. The fourth-order valence-corrected chi connectivity index (χ4v) is 3.66. The summed E-state index contributed by atoms with van der Waals surface area (Å²) < 4.78 is 0. The van der Waals surface area contributed by atoms with Gasteiger partial charge >= 0.3 is 5.69 Å². The van der Waals surface area contributed by atoms with Gasteiger partial charge in [0.2, 0.25) is 0 Å². The molecular weight excluding hydrogens is 262 g/mol. The van der Waals surface area contributed by atoms with Gasteiger partial charge in [-0.15, -0.1) is 0 Å². The van der Waals surface area contributed by atoms with Gasteiger partial charge in [-0.05, 0) is 43.0 Å². The zero-order valence-corrected chi connectivity index (χ0v) is 12.7. The van der Waals surface area contributed by atoms with Crippen LogP contribution in [0.25, 0.3) is 11.0 Å². The standard InChI is InChI=1S/C17H25N3O/c1-2-18-16(12-7-5-3-4-6-8-12)13-9-10-14-15(11-13)20-17(21)19-14/h9-12,16,18H,2-8H2,1H3,(H2,19,20,21). The SMILES string of the molecule is CCNC(c1ccc2[nH]c(=O)[nH]c2c1)C1CCCCCC1. The number of benzene rings is 1. The Hall–Kier alpha value is -1.55. The highest BCUT2D eigenvalue weighted by atomic mass is 16.1. The number of imidazole rings is 1. The molecule has 4 heteroatoms. The van der Waals surface area contributed by atoms with Crippen LogP contribution >= 0.6 is 0 Å². The maximum Gasteiger partial charge on any atom is 0.323 e. The van der Waals surface area contributed by atoms with Crippen molar-refractivity contribution >= 4 is 11.0 Å². The van der Waals surface area contributed by atoms with Gasteiger partial charge in [-0.2, -0.15) is 0 Å². The highest BCUT2D eigenvalue weighted by Crippen LogP contribution is 2.34. The molecule has 1 unspecified atom stereocenters. The fraction of sp³-hybridized carbons (Fsp3) is 0.588. The zero-order valence-electron chi connectivity index (χ0n) is 12.7. The Morgan fingerprint density at radius 2 is 1.86 bits per heavy atom. The average Bonchev–Trinajstić information content (AvgIpc) is 2.68. The third-order valence-corrected chi connectivity index (χ3v) is 4.69. The van der Waals surface area contributed by atoms with Crippen molar-refractivity contribution in [1.29, 1.82) is 0 Å². The van der Waals surface area contributed by atoms with Crippen molar-refractivity contribution in [3.8, 4) is 0 Å². The van der Waals surface area contributed by atoms with Gasteiger partial charge < -0.3 is 15.3 Å². The number of H-pyrrole nitrogens is 2. The van der Waals surface area contributed by atoms with Gasteiger partial charge in [0.1, 0.15) is 0 Å². The Labute approximate surface area is 125 Å². The summed E-state index contributed by atoms with van der Waals surface area (Å²) >= 11 is 0. The fourth-order valence-electron chi connectivity index (χ4n) is 3.66. The number of hydrogen-bond donors (Lipinski definition) is 3. The minimum atomic E-state index is -0.128. The summed E-state index contributed by atoms with van der Waals surface area (Å²) in [6.45, 7) is 3.14. The first-order valence-corrected chi connectivity index (χ1v) is 8.23. The highest BCUT2D eigenvalue weighted by Gasteiger charge is 2.23. The molecule has 1 aromatic carbocycles. The van der Waals surface area contributed by atoms with Crippen LogP contribution in [0.3, 0.4) is 0 Å².